The van der Waals surface area contributed by atoms with E-state index in [4.69, 9.17) is 0 Å². The number of allylic oxidation sites excluding steroid dienone is 2. The van der Waals surface area contributed by atoms with Gasteiger partial charge in [0.2, 0.25) is 0 Å². The predicted molar refractivity (Wildman–Crippen MR) is 135 cm³/mol. The summed E-state index contributed by atoms with van der Waals surface area (Å²) in [6, 6.07) is 0. The first kappa shape index (κ1) is 28.3. The SMILES string of the molecule is CCCCC[C@H]1C=C[C@H](CCCCC[C@H](C(=O)O)[C@H](O)C[C@@H](CNC)C2(O)CCCC2)CC1. The molecule has 1 saturated carbocycles. The van der Waals surface area contributed by atoms with Gasteiger partial charge in [-0.1, -0.05) is 70.4 Å². The van der Waals surface area contributed by atoms with Crippen molar-refractivity contribution in [3.63, 3.8) is 0 Å². The minimum atomic E-state index is -0.909. The number of hydrogen-bond acceptors (Lipinski definition) is 4. The fourth-order valence-corrected chi connectivity index (χ4v) is 6.09. The number of carboxylic acid groups (broad SMARTS) is 1. The number of rotatable bonds is 17. The molecule has 0 amide bonds. The normalized spacial score (nSPS) is 25.1. The average molecular weight is 466 g/mol. The van der Waals surface area contributed by atoms with Gasteiger partial charge in [-0.3, -0.25) is 4.79 Å². The second-order valence-electron chi connectivity index (χ2n) is 10.9. The Labute approximate surface area is 202 Å². The second kappa shape index (κ2) is 15.2. The van der Waals surface area contributed by atoms with Gasteiger partial charge < -0.3 is 20.6 Å². The molecule has 2 aliphatic carbocycles. The van der Waals surface area contributed by atoms with Crippen LogP contribution in [0, 0.1) is 23.7 Å². The van der Waals surface area contributed by atoms with Gasteiger partial charge in [-0.15, -0.1) is 0 Å². The van der Waals surface area contributed by atoms with Gasteiger partial charge in [0.05, 0.1) is 17.6 Å². The van der Waals surface area contributed by atoms with E-state index in [-0.39, 0.29) is 5.92 Å². The van der Waals surface area contributed by atoms with Gasteiger partial charge >= 0.3 is 5.97 Å². The van der Waals surface area contributed by atoms with Crippen molar-refractivity contribution in [2.24, 2.45) is 23.7 Å². The van der Waals surface area contributed by atoms with Gasteiger partial charge in [0.25, 0.3) is 0 Å². The molecule has 0 heterocycles. The molecule has 4 N–H and O–H groups in total. The minimum Gasteiger partial charge on any atom is -0.481 e. The molecule has 5 atom stereocenters. The van der Waals surface area contributed by atoms with E-state index in [0.717, 1.165) is 50.9 Å². The summed E-state index contributed by atoms with van der Waals surface area (Å²) in [4.78, 5) is 11.9. The molecule has 192 valence electrons. The van der Waals surface area contributed by atoms with Crippen molar-refractivity contribution in [3.8, 4) is 0 Å². The second-order valence-corrected chi connectivity index (χ2v) is 10.9. The predicted octanol–water partition coefficient (Wildman–Crippen LogP) is 5.69. The summed E-state index contributed by atoms with van der Waals surface area (Å²) in [6.45, 7) is 2.86. The first-order valence-electron chi connectivity index (χ1n) is 13.9. The Kier molecular flexibility index (Phi) is 13.0. The largest absolute Gasteiger partial charge is 0.481 e. The third-order valence-electron chi connectivity index (χ3n) is 8.32. The van der Waals surface area contributed by atoms with Crippen LogP contribution in [-0.2, 0) is 4.79 Å². The molecule has 5 heteroatoms. The summed E-state index contributed by atoms with van der Waals surface area (Å²) in [5.41, 5.74) is -0.768. The molecule has 0 saturated heterocycles. The van der Waals surface area contributed by atoms with Crippen LogP contribution in [0.3, 0.4) is 0 Å². The number of unbranched alkanes of at least 4 members (excludes halogenated alkanes) is 4. The number of hydrogen-bond donors (Lipinski definition) is 4. The standard InChI is InChI=1S/C28H51NO4/c1-3-4-6-11-22-14-16-23(17-15-22)12-7-5-8-13-25(27(31)32)26(30)20-24(21-29-2)28(33)18-9-10-19-28/h14,16,22-26,29-30,33H,3-13,15,17-21H2,1-2H3,(H,31,32)/t22-,23-,24-,25-,26+/m0/s1. The first-order valence-corrected chi connectivity index (χ1v) is 13.9. The Morgan fingerprint density at radius 3 is 2.15 bits per heavy atom. The third-order valence-corrected chi connectivity index (χ3v) is 8.32. The maximum Gasteiger partial charge on any atom is 0.309 e. The number of aliphatic hydroxyl groups excluding tert-OH is 1. The van der Waals surface area contributed by atoms with Crippen LogP contribution >= 0.6 is 0 Å². The molecule has 0 bridgehead atoms. The summed E-state index contributed by atoms with van der Waals surface area (Å²) in [6.07, 6.45) is 20.4. The molecule has 1 fully saturated rings. The van der Waals surface area contributed by atoms with E-state index < -0.39 is 23.6 Å². The highest BCUT2D eigenvalue weighted by atomic mass is 16.4. The summed E-state index contributed by atoms with van der Waals surface area (Å²) in [5.74, 6) is -0.297. The zero-order chi connectivity index (χ0) is 24.1. The molecule has 2 rings (SSSR count). The number of aliphatic hydroxyl groups is 2. The summed E-state index contributed by atoms with van der Waals surface area (Å²) >= 11 is 0. The van der Waals surface area contributed by atoms with Crippen molar-refractivity contribution in [1.29, 1.82) is 0 Å². The molecule has 0 aromatic carbocycles. The van der Waals surface area contributed by atoms with Gasteiger partial charge in [-0.05, 0) is 70.3 Å². The van der Waals surface area contributed by atoms with Gasteiger partial charge in [0, 0.05) is 12.5 Å². The topological polar surface area (TPSA) is 89.8 Å². The van der Waals surface area contributed by atoms with Gasteiger partial charge in [0.1, 0.15) is 0 Å². The fraction of sp³-hybridized carbons (Fsp3) is 0.893. The number of aliphatic carboxylic acids is 1. The van der Waals surface area contributed by atoms with E-state index in [1.165, 1.54) is 44.9 Å². The van der Waals surface area contributed by atoms with E-state index in [0.29, 0.717) is 25.3 Å². The Hall–Kier alpha value is -0.910. The van der Waals surface area contributed by atoms with Crippen LogP contribution in [0.1, 0.15) is 110 Å². The molecule has 0 aromatic rings. The Morgan fingerprint density at radius 1 is 1.03 bits per heavy atom. The van der Waals surface area contributed by atoms with E-state index in [1.807, 2.05) is 7.05 Å². The summed E-state index contributed by atoms with van der Waals surface area (Å²) in [7, 11) is 1.85. The zero-order valence-corrected chi connectivity index (χ0v) is 21.3. The molecule has 33 heavy (non-hydrogen) atoms. The first-order chi connectivity index (χ1) is 15.9. The van der Waals surface area contributed by atoms with Crippen molar-refractivity contribution >= 4 is 5.97 Å². The number of carbonyl (C=O) groups is 1. The number of nitrogens with one attached hydrogen (secondary N) is 1. The van der Waals surface area contributed by atoms with Crippen LogP contribution in [0.15, 0.2) is 12.2 Å². The maximum atomic E-state index is 11.9. The van der Waals surface area contributed by atoms with Crippen molar-refractivity contribution in [2.75, 3.05) is 13.6 Å². The lowest BCUT2D eigenvalue weighted by Gasteiger charge is -2.35. The highest BCUT2D eigenvalue weighted by Gasteiger charge is 2.41. The lowest BCUT2D eigenvalue weighted by Crippen LogP contribution is -2.44. The van der Waals surface area contributed by atoms with Crippen LogP contribution in [0.2, 0.25) is 0 Å². The molecule has 0 radical (unpaired) electrons. The van der Waals surface area contributed by atoms with E-state index in [2.05, 4.69) is 24.4 Å². The Bertz CT molecular complexity index is 572. The lowest BCUT2D eigenvalue weighted by atomic mass is 9.79. The smallest absolute Gasteiger partial charge is 0.309 e. The van der Waals surface area contributed by atoms with Gasteiger partial charge in [0.15, 0.2) is 0 Å². The quantitative estimate of drug-likeness (QED) is 0.164. The van der Waals surface area contributed by atoms with Gasteiger partial charge in [-0.2, -0.15) is 0 Å². The Balaban J connectivity index is 1.70. The zero-order valence-electron chi connectivity index (χ0n) is 21.3. The van der Waals surface area contributed by atoms with Crippen molar-refractivity contribution in [1.82, 2.24) is 5.32 Å². The molecule has 5 nitrogen and oxygen atoms in total. The minimum absolute atomic E-state index is 0.106. The molecule has 0 aromatic heterocycles. The molecular weight excluding hydrogens is 414 g/mol. The van der Waals surface area contributed by atoms with Crippen LogP contribution < -0.4 is 5.32 Å². The molecule has 2 aliphatic rings. The van der Waals surface area contributed by atoms with Crippen molar-refractivity contribution in [2.45, 2.75) is 121 Å². The molecule has 0 unspecified atom stereocenters. The maximum absolute atomic E-state index is 11.9. The average Bonchev–Trinajstić information content (AvgIpc) is 3.24. The Morgan fingerprint density at radius 2 is 1.64 bits per heavy atom. The fourth-order valence-electron chi connectivity index (χ4n) is 6.09. The van der Waals surface area contributed by atoms with E-state index in [1.54, 1.807) is 0 Å². The third kappa shape index (κ3) is 9.70. The van der Waals surface area contributed by atoms with Crippen LogP contribution in [-0.4, -0.2) is 46.6 Å². The molecule has 0 spiro atoms. The van der Waals surface area contributed by atoms with Gasteiger partial charge in [-0.25, -0.2) is 0 Å². The highest BCUT2D eigenvalue weighted by molar-refractivity contribution is 5.70. The highest BCUT2D eigenvalue weighted by Crippen LogP contribution is 2.39. The molecule has 0 aliphatic heterocycles. The summed E-state index contributed by atoms with van der Waals surface area (Å²) in [5, 5.41) is 34.6. The van der Waals surface area contributed by atoms with Crippen LogP contribution in [0.25, 0.3) is 0 Å². The molecular formula is C28H51NO4. The summed E-state index contributed by atoms with van der Waals surface area (Å²) < 4.78 is 0. The monoisotopic (exact) mass is 465 g/mol. The van der Waals surface area contributed by atoms with E-state index >= 15 is 0 Å². The van der Waals surface area contributed by atoms with Crippen molar-refractivity contribution in [3.05, 3.63) is 12.2 Å². The van der Waals surface area contributed by atoms with Crippen LogP contribution in [0.4, 0.5) is 0 Å². The number of carboxylic acids is 1. The van der Waals surface area contributed by atoms with Crippen LogP contribution in [0.5, 0.6) is 0 Å². The lowest BCUT2D eigenvalue weighted by molar-refractivity contribution is -0.147. The van der Waals surface area contributed by atoms with Crippen molar-refractivity contribution < 1.29 is 20.1 Å². The van der Waals surface area contributed by atoms with E-state index in [9.17, 15) is 20.1 Å².